The molecular formula is C11H18BrN3O2S. The first-order valence-corrected chi connectivity index (χ1v) is 8.75. The Morgan fingerprint density at radius 2 is 2.28 bits per heavy atom. The third-order valence-electron chi connectivity index (χ3n) is 3.30. The summed E-state index contributed by atoms with van der Waals surface area (Å²) >= 11 is 3.40. The van der Waals surface area contributed by atoms with Crippen LogP contribution in [-0.4, -0.2) is 40.2 Å². The van der Waals surface area contributed by atoms with E-state index in [2.05, 4.69) is 20.9 Å². The van der Waals surface area contributed by atoms with Crippen LogP contribution < -0.4 is 0 Å². The second-order valence-electron chi connectivity index (χ2n) is 4.46. The minimum Gasteiger partial charge on any atom is -0.336 e. The molecule has 1 saturated heterocycles. The highest BCUT2D eigenvalue weighted by Crippen LogP contribution is 2.25. The molecule has 2 heterocycles. The molecule has 1 atom stereocenters. The van der Waals surface area contributed by atoms with E-state index < -0.39 is 10.0 Å². The van der Waals surface area contributed by atoms with E-state index in [4.69, 9.17) is 0 Å². The van der Waals surface area contributed by atoms with Crippen molar-refractivity contribution in [1.29, 1.82) is 0 Å². The fraction of sp³-hybridized carbons (Fsp3) is 0.727. The van der Waals surface area contributed by atoms with E-state index in [0.29, 0.717) is 11.9 Å². The second kappa shape index (κ2) is 5.71. The zero-order valence-corrected chi connectivity index (χ0v) is 12.8. The molecule has 18 heavy (non-hydrogen) atoms. The summed E-state index contributed by atoms with van der Waals surface area (Å²) in [5.41, 5.74) is 0. The Labute approximate surface area is 116 Å². The number of piperidine rings is 1. The van der Waals surface area contributed by atoms with Crippen molar-refractivity contribution in [2.45, 2.75) is 43.8 Å². The summed E-state index contributed by atoms with van der Waals surface area (Å²) in [7, 11) is -3.44. The van der Waals surface area contributed by atoms with E-state index in [-0.39, 0.29) is 11.1 Å². The monoisotopic (exact) mass is 335 g/mol. The van der Waals surface area contributed by atoms with E-state index in [1.54, 1.807) is 21.4 Å². The molecule has 5 nitrogen and oxygen atoms in total. The van der Waals surface area contributed by atoms with Crippen LogP contribution in [0, 0.1) is 0 Å². The minimum absolute atomic E-state index is 0.0514. The van der Waals surface area contributed by atoms with Crippen molar-refractivity contribution >= 4 is 26.0 Å². The molecule has 0 N–H and O–H groups in total. The molecule has 0 saturated carbocycles. The van der Waals surface area contributed by atoms with Gasteiger partial charge in [-0.15, -0.1) is 0 Å². The van der Waals surface area contributed by atoms with Crippen molar-refractivity contribution in [3.8, 4) is 0 Å². The topological polar surface area (TPSA) is 55.2 Å². The number of hydrogen-bond acceptors (Lipinski definition) is 3. The van der Waals surface area contributed by atoms with Gasteiger partial charge in [0, 0.05) is 30.7 Å². The third-order valence-corrected chi connectivity index (χ3v) is 5.88. The molecular weight excluding hydrogens is 318 g/mol. The number of rotatable bonds is 4. The molecule has 1 unspecified atom stereocenters. The zero-order chi connectivity index (χ0) is 13.2. The maximum absolute atomic E-state index is 12.5. The number of imidazole rings is 1. The van der Waals surface area contributed by atoms with Gasteiger partial charge >= 0.3 is 0 Å². The number of aryl methyl sites for hydroxylation is 1. The van der Waals surface area contributed by atoms with Crippen LogP contribution in [0.1, 0.15) is 26.2 Å². The first-order valence-electron chi connectivity index (χ1n) is 6.19. The van der Waals surface area contributed by atoms with Crippen LogP contribution in [0.3, 0.4) is 0 Å². The zero-order valence-electron chi connectivity index (χ0n) is 10.4. The summed E-state index contributed by atoms with van der Waals surface area (Å²) < 4.78 is 28.4. The molecule has 0 spiro atoms. The Bertz CT molecular complexity index is 500. The maximum atomic E-state index is 12.5. The van der Waals surface area contributed by atoms with Gasteiger partial charge in [0.25, 0.3) is 10.0 Å². The number of aromatic nitrogens is 2. The molecule has 1 aliphatic heterocycles. The SMILES string of the molecule is CCn1cnc(S(=O)(=O)N2CCCCC2CBr)c1. The lowest BCUT2D eigenvalue weighted by Crippen LogP contribution is -2.44. The molecule has 1 aliphatic rings. The molecule has 1 aromatic heterocycles. The first kappa shape index (κ1) is 14.0. The average molecular weight is 336 g/mol. The molecule has 0 aliphatic carbocycles. The summed E-state index contributed by atoms with van der Waals surface area (Å²) in [6.45, 7) is 3.28. The highest BCUT2D eigenvalue weighted by Gasteiger charge is 2.34. The standard InChI is InChI=1S/C11H18BrN3O2S/c1-2-14-8-11(13-9-14)18(16,17)15-6-4-3-5-10(15)7-12/h8-10H,2-7H2,1H3. The quantitative estimate of drug-likeness (QED) is 0.789. The maximum Gasteiger partial charge on any atom is 0.262 e. The van der Waals surface area contributed by atoms with Crippen LogP contribution in [0.2, 0.25) is 0 Å². The Balaban J connectivity index is 2.28. The lowest BCUT2D eigenvalue weighted by molar-refractivity contribution is 0.273. The van der Waals surface area contributed by atoms with E-state index >= 15 is 0 Å². The van der Waals surface area contributed by atoms with Gasteiger partial charge in [-0.3, -0.25) is 0 Å². The molecule has 102 valence electrons. The smallest absolute Gasteiger partial charge is 0.262 e. The van der Waals surface area contributed by atoms with E-state index in [1.165, 1.54) is 0 Å². The Morgan fingerprint density at radius 3 is 2.89 bits per heavy atom. The Hall–Kier alpha value is -0.400. The van der Waals surface area contributed by atoms with Gasteiger partial charge in [-0.1, -0.05) is 22.4 Å². The fourth-order valence-corrected chi connectivity index (χ4v) is 4.71. The molecule has 2 rings (SSSR count). The average Bonchev–Trinajstić information content (AvgIpc) is 2.88. The van der Waals surface area contributed by atoms with Crippen LogP contribution in [0.4, 0.5) is 0 Å². The van der Waals surface area contributed by atoms with Crippen LogP contribution in [0.25, 0.3) is 0 Å². The second-order valence-corrected chi connectivity index (χ2v) is 6.95. The van der Waals surface area contributed by atoms with Crippen LogP contribution >= 0.6 is 15.9 Å². The van der Waals surface area contributed by atoms with Crippen molar-refractivity contribution in [2.24, 2.45) is 0 Å². The largest absolute Gasteiger partial charge is 0.336 e. The predicted molar refractivity (Wildman–Crippen MR) is 73.2 cm³/mol. The Morgan fingerprint density at radius 1 is 1.50 bits per heavy atom. The molecule has 0 amide bonds. The number of sulfonamides is 1. The number of hydrogen-bond donors (Lipinski definition) is 0. The molecule has 0 aromatic carbocycles. The molecule has 0 radical (unpaired) electrons. The number of alkyl halides is 1. The lowest BCUT2D eigenvalue weighted by Gasteiger charge is -2.32. The lowest BCUT2D eigenvalue weighted by atomic mass is 10.1. The van der Waals surface area contributed by atoms with Crippen LogP contribution in [-0.2, 0) is 16.6 Å². The van der Waals surface area contributed by atoms with Gasteiger partial charge in [-0.25, -0.2) is 13.4 Å². The summed E-state index contributed by atoms with van der Waals surface area (Å²) in [5.74, 6) is 0. The van der Waals surface area contributed by atoms with Gasteiger partial charge in [0.15, 0.2) is 5.03 Å². The molecule has 1 fully saturated rings. The predicted octanol–water partition coefficient (Wildman–Crippen LogP) is 1.84. The van der Waals surface area contributed by atoms with E-state index in [9.17, 15) is 8.42 Å². The van der Waals surface area contributed by atoms with Gasteiger partial charge in [-0.2, -0.15) is 4.31 Å². The highest BCUT2D eigenvalue weighted by atomic mass is 79.9. The fourth-order valence-electron chi connectivity index (χ4n) is 2.21. The van der Waals surface area contributed by atoms with Gasteiger partial charge in [0.1, 0.15) is 0 Å². The van der Waals surface area contributed by atoms with Gasteiger partial charge < -0.3 is 4.57 Å². The molecule has 0 bridgehead atoms. The summed E-state index contributed by atoms with van der Waals surface area (Å²) in [4.78, 5) is 4.02. The van der Waals surface area contributed by atoms with E-state index in [1.807, 2.05) is 6.92 Å². The van der Waals surface area contributed by atoms with Gasteiger partial charge in [0.2, 0.25) is 0 Å². The van der Waals surface area contributed by atoms with Crippen molar-refractivity contribution in [3.63, 3.8) is 0 Å². The van der Waals surface area contributed by atoms with Crippen molar-refractivity contribution in [3.05, 3.63) is 12.5 Å². The number of nitrogens with zero attached hydrogens (tertiary/aromatic N) is 3. The van der Waals surface area contributed by atoms with Crippen molar-refractivity contribution < 1.29 is 8.42 Å². The number of halogens is 1. The van der Waals surface area contributed by atoms with E-state index in [0.717, 1.165) is 25.8 Å². The minimum atomic E-state index is -3.44. The van der Waals surface area contributed by atoms with Crippen LogP contribution in [0.5, 0.6) is 0 Å². The highest BCUT2D eigenvalue weighted by molar-refractivity contribution is 9.09. The molecule has 7 heteroatoms. The van der Waals surface area contributed by atoms with Gasteiger partial charge in [-0.05, 0) is 19.8 Å². The summed E-state index contributed by atoms with van der Waals surface area (Å²) in [5, 5.41) is 0.845. The van der Waals surface area contributed by atoms with Crippen molar-refractivity contribution in [1.82, 2.24) is 13.9 Å². The third kappa shape index (κ3) is 2.62. The van der Waals surface area contributed by atoms with Gasteiger partial charge in [0.05, 0.1) is 6.33 Å². The molecule has 1 aromatic rings. The summed E-state index contributed by atoms with van der Waals surface area (Å²) in [6, 6.07) is 0.0514. The van der Waals surface area contributed by atoms with Crippen LogP contribution in [0.15, 0.2) is 17.6 Å². The Kier molecular flexibility index (Phi) is 4.45. The normalized spacial score (nSPS) is 22.2. The first-order chi connectivity index (χ1) is 8.59. The van der Waals surface area contributed by atoms with Crippen molar-refractivity contribution in [2.75, 3.05) is 11.9 Å². The summed E-state index contributed by atoms with van der Waals surface area (Å²) in [6.07, 6.45) is 6.11.